The van der Waals surface area contributed by atoms with Crippen LogP contribution in [0.3, 0.4) is 0 Å². The Labute approximate surface area is 154 Å². The molecule has 0 radical (unpaired) electrons. The third kappa shape index (κ3) is 5.70. The molecule has 0 saturated heterocycles. The van der Waals surface area contributed by atoms with Crippen LogP contribution >= 0.6 is 23.2 Å². The number of hydrogen-bond acceptors (Lipinski definition) is 3. The topological polar surface area (TPSA) is 61.4 Å². The molecule has 2 rings (SSSR count). The van der Waals surface area contributed by atoms with Crippen molar-refractivity contribution in [3.05, 3.63) is 69.5 Å². The van der Waals surface area contributed by atoms with Crippen molar-refractivity contribution in [2.24, 2.45) is 0 Å². The second-order valence-corrected chi connectivity index (χ2v) is 6.23. The summed E-state index contributed by atoms with van der Waals surface area (Å²) in [6, 6.07) is 10.6. The van der Waals surface area contributed by atoms with E-state index in [2.05, 4.69) is 10.9 Å². The summed E-state index contributed by atoms with van der Waals surface area (Å²) in [5.74, 6) is -1.35. The van der Waals surface area contributed by atoms with Crippen LogP contribution in [0.4, 0.5) is 4.39 Å². The fraction of sp³-hybridized carbons (Fsp3) is 0.176. The van der Waals surface area contributed by atoms with Crippen molar-refractivity contribution in [1.82, 2.24) is 15.8 Å². The highest BCUT2D eigenvalue weighted by Gasteiger charge is 2.13. The van der Waals surface area contributed by atoms with Crippen molar-refractivity contribution in [2.75, 3.05) is 13.6 Å². The highest BCUT2D eigenvalue weighted by Crippen LogP contribution is 2.20. The van der Waals surface area contributed by atoms with Crippen molar-refractivity contribution in [3.8, 4) is 0 Å². The van der Waals surface area contributed by atoms with E-state index in [1.54, 1.807) is 30.1 Å². The molecule has 0 heterocycles. The zero-order chi connectivity index (χ0) is 18.4. The van der Waals surface area contributed by atoms with Gasteiger partial charge in [-0.25, -0.2) is 4.39 Å². The number of benzene rings is 2. The number of amides is 2. The largest absolute Gasteiger partial charge is 0.293 e. The fourth-order valence-corrected chi connectivity index (χ4v) is 2.44. The summed E-state index contributed by atoms with van der Waals surface area (Å²) >= 11 is 11.7. The van der Waals surface area contributed by atoms with Crippen molar-refractivity contribution in [2.45, 2.75) is 6.54 Å². The first-order valence-corrected chi connectivity index (χ1v) is 8.08. The molecule has 0 aliphatic rings. The van der Waals surface area contributed by atoms with Gasteiger partial charge in [0, 0.05) is 27.7 Å². The van der Waals surface area contributed by atoms with Crippen molar-refractivity contribution < 1.29 is 14.0 Å². The molecule has 0 unspecified atom stereocenters. The minimum Gasteiger partial charge on any atom is -0.293 e. The molecule has 2 aromatic carbocycles. The first kappa shape index (κ1) is 19.2. The van der Waals surface area contributed by atoms with E-state index in [1.165, 1.54) is 24.3 Å². The average Bonchev–Trinajstić information content (AvgIpc) is 2.57. The smallest absolute Gasteiger partial charge is 0.269 e. The third-order valence-electron chi connectivity index (χ3n) is 3.33. The lowest BCUT2D eigenvalue weighted by Crippen LogP contribution is -2.45. The maximum Gasteiger partial charge on any atom is 0.269 e. The summed E-state index contributed by atoms with van der Waals surface area (Å²) in [5.41, 5.74) is 5.27. The Bertz CT molecular complexity index is 749. The van der Waals surface area contributed by atoms with Gasteiger partial charge in [0.05, 0.1) is 6.54 Å². The number of hydrazine groups is 1. The van der Waals surface area contributed by atoms with Crippen LogP contribution in [0.1, 0.15) is 15.9 Å². The molecule has 0 atom stereocenters. The van der Waals surface area contributed by atoms with Gasteiger partial charge in [0.1, 0.15) is 5.82 Å². The van der Waals surface area contributed by atoms with Gasteiger partial charge in [-0.3, -0.25) is 25.3 Å². The van der Waals surface area contributed by atoms with Crippen LogP contribution in [0, 0.1) is 5.82 Å². The number of likely N-dealkylation sites (N-methyl/N-ethyl adjacent to an activating group) is 1. The zero-order valence-corrected chi connectivity index (χ0v) is 14.9. The highest BCUT2D eigenvalue weighted by molar-refractivity contribution is 6.31. The summed E-state index contributed by atoms with van der Waals surface area (Å²) in [6.07, 6.45) is 0. The van der Waals surface area contributed by atoms with Crippen LogP contribution in [-0.4, -0.2) is 30.3 Å². The average molecular weight is 384 g/mol. The number of hydrogen-bond donors (Lipinski definition) is 2. The Morgan fingerprint density at radius 1 is 1.08 bits per heavy atom. The van der Waals surface area contributed by atoms with Crippen LogP contribution in [0.5, 0.6) is 0 Å². The second-order valence-electron chi connectivity index (χ2n) is 5.38. The predicted octanol–water partition coefficient (Wildman–Crippen LogP) is 3.03. The molecule has 0 fully saturated rings. The van der Waals surface area contributed by atoms with Crippen LogP contribution in [0.2, 0.25) is 10.0 Å². The van der Waals surface area contributed by atoms with E-state index in [4.69, 9.17) is 23.2 Å². The lowest BCUT2D eigenvalue weighted by atomic mass is 10.2. The summed E-state index contributed by atoms with van der Waals surface area (Å²) in [4.78, 5) is 25.3. The van der Waals surface area contributed by atoms with Gasteiger partial charge in [-0.1, -0.05) is 29.3 Å². The van der Waals surface area contributed by atoms with Gasteiger partial charge in [-0.2, -0.15) is 0 Å². The number of carbonyl (C=O) groups is 2. The SMILES string of the molecule is CN(CC(=O)NNC(=O)c1ccc(Cl)cc1)Cc1c(F)cccc1Cl. The molecule has 0 spiro atoms. The molecule has 25 heavy (non-hydrogen) atoms. The highest BCUT2D eigenvalue weighted by atomic mass is 35.5. The molecule has 132 valence electrons. The maximum absolute atomic E-state index is 13.7. The van der Waals surface area contributed by atoms with Crippen LogP contribution in [0.25, 0.3) is 0 Å². The molecule has 2 aromatic rings. The molecule has 8 heteroatoms. The van der Waals surface area contributed by atoms with Crippen LogP contribution < -0.4 is 10.9 Å². The molecule has 0 aliphatic heterocycles. The van der Waals surface area contributed by atoms with Crippen molar-refractivity contribution >= 4 is 35.0 Å². The Kier molecular flexibility index (Phi) is 6.75. The van der Waals surface area contributed by atoms with E-state index < -0.39 is 17.6 Å². The molecule has 0 bridgehead atoms. The van der Waals surface area contributed by atoms with E-state index in [-0.39, 0.29) is 13.1 Å². The molecular weight excluding hydrogens is 368 g/mol. The fourth-order valence-electron chi connectivity index (χ4n) is 2.09. The second kappa shape index (κ2) is 8.80. The zero-order valence-electron chi connectivity index (χ0n) is 13.4. The van der Waals surface area contributed by atoms with Gasteiger partial charge < -0.3 is 0 Å². The third-order valence-corrected chi connectivity index (χ3v) is 3.93. The number of nitrogens with zero attached hydrogens (tertiary/aromatic N) is 1. The monoisotopic (exact) mass is 383 g/mol. The predicted molar refractivity (Wildman–Crippen MR) is 94.8 cm³/mol. The minimum absolute atomic E-state index is 0.0500. The van der Waals surface area contributed by atoms with Crippen molar-refractivity contribution in [3.63, 3.8) is 0 Å². The normalized spacial score (nSPS) is 10.6. The maximum atomic E-state index is 13.7. The van der Waals surface area contributed by atoms with Gasteiger partial charge in [-0.15, -0.1) is 0 Å². The van der Waals surface area contributed by atoms with E-state index in [0.717, 1.165) is 0 Å². The van der Waals surface area contributed by atoms with Gasteiger partial charge in [0.25, 0.3) is 11.8 Å². The molecule has 2 N–H and O–H groups in total. The van der Waals surface area contributed by atoms with E-state index in [0.29, 0.717) is 21.2 Å². The van der Waals surface area contributed by atoms with E-state index >= 15 is 0 Å². The summed E-state index contributed by atoms with van der Waals surface area (Å²) in [7, 11) is 1.64. The molecule has 2 amide bonds. The quantitative estimate of drug-likeness (QED) is 0.780. The Morgan fingerprint density at radius 2 is 1.76 bits per heavy atom. The Morgan fingerprint density at radius 3 is 2.40 bits per heavy atom. The van der Waals surface area contributed by atoms with Crippen LogP contribution in [0.15, 0.2) is 42.5 Å². The van der Waals surface area contributed by atoms with Crippen molar-refractivity contribution in [1.29, 1.82) is 0 Å². The lowest BCUT2D eigenvalue weighted by Gasteiger charge is -2.17. The number of carbonyl (C=O) groups excluding carboxylic acids is 2. The van der Waals surface area contributed by atoms with Crippen LogP contribution in [-0.2, 0) is 11.3 Å². The summed E-state index contributed by atoms with van der Waals surface area (Å²) < 4.78 is 13.7. The molecule has 0 aliphatic carbocycles. The molecular formula is C17H16Cl2FN3O2. The summed E-state index contributed by atoms with van der Waals surface area (Å²) in [5, 5.41) is 0.803. The van der Waals surface area contributed by atoms with Gasteiger partial charge >= 0.3 is 0 Å². The molecule has 0 saturated carbocycles. The van der Waals surface area contributed by atoms with E-state index in [1.807, 2.05) is 0 Å². The van der Waals surface area contributed by atoms with Gasteiger partial charge in [-0.05, 0) is 43.4 Å². The minimum atomic E-state index is -0.468. The molecule has 0 aromatic heterocycles. The van der Waals surface area contributed by atoms with Gasteiger partial charge in [0.2, 0.25) is 0 Å². The Hall–Kier alpha value is -2.15. The molecule has 5 nitrogen and oxygen atoms in total. The lowest BCUT2D eigenvalue weighted by molar-refractivity contribution is -0.122. The number of halogens is 3. The Balaban J connectivity index is 1.83. The standard InChI is InChI=1S/C17H16Cl2FN3O2/c1-23(9-13-14(19)3-2-4-15(13)20)10-16(24)21-22-17(25)11-5-7-12(18)8-6-11/h2-8H,9-10H2,1H3,(H,21,24)(H,22,25). The number of nitrogens with one attached hydrogen (secondary N) is 2. The first-order chi connectivity index (χ1) is 11.9. The number of rotatable bonds is 5. The first-order valence-electron chi connectivity index (χ1n) is 7.33. The summed E-state index contributed by atoms with van der Waals surface area (Å²) in [6.45, 7) is 0.107. The van der Waals surface area contributed by atoms with Gasteiger partial charge in [0.15, 0.2) is 0 Å². The van der Waals surface area contributed by atoms with E-state index in [9.17, 15) is 14.0 Å².